The summed E-state index contributed by atoms with van der Waals surface area (Å²) in [5.41, 5.74) is 6.59. The molecule has 0 aliphatic rings. The molecule has 0 radical (unpaired) electrons. The average molecular weight is 393 g/mol. The standard InChI is InChI=1S/C20H20FN7O/c1-10(2)26-20(29)13-7-12-5-4-6-15(21)17(12)28-16(13)11(3)27-19-14(8-22)18(23)24-9-25-19/h4-7,9-11H,1-3H3,(H,26,29)(H3,23,24,25,27). The van der Waals surface area contributed by atoms with Gasteiger partial charge in [-0.15, -0.1) is 0 Å². The Labute approximate surface area is 167 Å². The summed E-state index contributed by atoms with van der Waals surface area (Å²) in [5.74, 6) is -0.577. The number of carbonyl (C=O) groups is 1. The van der Waals surface area contributed by atoms with E-state index in [2.05, 4.69) is 25.6 Å². The molecular weight excluding hydrogens is 373 g/mol. The summed E-state index contributed by atoms with van der Waals surface area (Å²) >= 11 is 0. The van der Waals surface area contributed by atoms with Crippen LogP contribution in [0.3, 0.4) is 0 Å². The molecule has 1 unspecified atom stereocenters. The molecule has 1 atom stereocenters. The fraction of sp³-hybridized carbons (Fsp3) is 0.250. The Morgan fingerprint density at radius 3 is 2.72 bits per heavy atom. The molecule has 29 heavy (non-hydrogen) atoms. The Morgan fingerprint density at radius 1 is 1.28 bits per heavy atom. The number of fused-ring (bicyclic) bond motifs is 1. The molecule has 0 bridgehead atoms. The number of nitrogens with zero attached hydrogens (tertiary/aromatic N) is 4. The van der Waals surface area contributed by atoms with Gasteiger partial charge in [0.25, 0.3) is 5.91 Å². The summed E-state index contributed by atoms with van der Waals surface area (Å²) in [4.78, 5) is 25.0. The Morgan fingerprint density at radius 2 is 2.03 bits per heavy atom. The van der Waals surface area contributed by atoms with Crippen LogP contribution < -0.4 is 16.4 Å². The number of hydrogen-bond donors (Lipinski definition) is 3. The minimum absolute atomic E-state index is 0.0347. The van der Waals surface area contributed by atoms with Crippen molar-refractivity contribution in [2.75, 3.05) is 11.1 Å². The third-order valence-electron chi connectivity index (χ3n) is 4.24. The molecule has 9 heteroatoms. The fourth-order valence-corrected chi connectivity index (χ4v) is 2.92. The average Bonchev–Trinajstić information content (AvgIpc) is 2.67. The Hall–Kier alpha value is -3.80. The Kier molecular flexibility index (Phi) is 5.54. The monoisotopic (exact) mass is 393 g/mol. The van der Waals surface area contributed by atoms with E-state index in [-0.39, 0.29) is 34.7 Å². The summed E-state index contributed by atoms with van der Waals surface area (Å²) in [5, 5.41) is 15.7. The number of nitrogens with two attached hydrogens (primary N) is 1. The molecule has 2 heterocycles. The SMILES string of the molecule is CC(C)NC(=O)c1cc2cccc(F)c2nc1C(C)Nc1ncnc(N)c1C#N. The predicted molar refractivity (Wildman–Crippen MR) is 108 cm³/mol. The smallest absolute Gasteiger partial charge is 0.253 e. The maximum atomic E-state index is 14.3. The zero-order chi connectivity index (χ0) is 21.1. The van der Waals surface area contributed by atoms with Crippen LogP contribution in [0.2, 0.25) is 0 Å². The number of aromatic nitrogens is 3. The molecule has 2 aromatic heterocycles. The maximum Gasteiger partial charge on any atom is 0.253 e. The van der Waals surface area contributed by atoms with E-state index in [0.29, 0.717) is 16.6 Å². The quantitative estimate of drug-likeness (QED) is 0.607. The van der Waals surface area contributed by atoms with Crippen LogP contribution >= 0.6 is 0 Å². The van der Waals surface area contributed by atoms with Gasteiger partial charge >= 0.3 is 0 Å². The molecule has 3 rings (SSSR count). The first kappa shape index (κ1) is 19.9. The van der Waals surface area contributed by atoms with E-state index in [0.717, 1.165) is 0 Å². The Bertz CT molecular complexity index is 1120. The predicted octanol–water partition coefficient (Wildman–Crippen LogP) is 2.93. The second-order valence-electron chi connectivity index (χ2n) is 6.82. The number of anilines is 2. The van der Waals surface area contributed by atoms with Crippen molar-refractivity contribution in [2.45, 2.75) is 32.9 Å². The summed E-state index contributed by atoms with van der Waals surface area (Å²) in [6.45, 7) is 5.42. The summed E-state index contributed by atoms with van der Waals surface area (Å²) in [6.07, 6.45) is 1.23. The topological polar surface area (TPSA) is 130 Å². The minimum atomic E-state index is -0.576. The number of rotatable bonds is 5. The number of hydrogen-bond acceptors (Lipinski definition) is 7. The van der Waals surface area contributed by atoms with Crippen molar-refractivity contribution in [1.29, 1.82) is 5.26 Å². The fourth-order valence-electron chi connectivity index (χ4n) is 2.92. The highest BCUT2D eigenvalue weighted by atomic mass is 19.1. The van der Waals surface area contributed by atoms with E-state index < -0.39 is 11.9 Å². The molecule has 148 valence electrons. The lowest BCUT2D eigenvalue weighted by Crippen LogP contribution is -2.32. The first-order chi connectivity index (χ1) is 13.8. The van der Waals surface area contributed by atoms with Crippen molar-refractivity contribution in [3.8, 4) is 6.07 Å². The van der Waals surface area contributed by atoms with Gasteiger partial charge in [-0.05, 0) is 32.9 Å². The molecule has 1 amide bonds. The van der Waals surface area contributed by atoms with E-state index in [1.54, 1.807) is 25.1 Å². The molecule has 3 aromatic rings. The minimum Gasteiger partial charge on any atom is -0.382 e. The van der Waals surface area contributed by atoms with E-state index in [1.807, 2.05) is 19.9 Å². The highest BCUT2D eigenvalue weighted by Gasteiger charge is 2.22. The van der Waals surface area contributed by atoms with Crippen LogP contribution in [0.5, 0.6) is 0 Å². The van der Waals surface area contributed by atoms with Crippen molar-refractivity contribution < 1.29 is 9.18 Å². The number of pyridine rings is 1. The van der Waals surface area contributed by atoms with Crippen LogP contribution in [-0.4, -0.2) is 26.9 Å². The zero-order valence-electron chi connectivity index (χ0n) is 16.2. The lowest BCUT2D eigenvalue weighted by molar-refractivity contribution is 0.0941. The second kappa shape index (κ2) is 8.06. The van der Waals surface area contributed by atoms with Gasteiger partial charge < -0.3 is 16.4 Å². The lowest BCUT2D eigenvalue weighted by atomic mass is 10.0. The van der Waals surface area contributed by atoms with Crippen LogP contribution in [0.15, 0.2) is 30.6 Å². The van der Waals surface area contributed by atoms with Crippen molar-refractivity contribution >= 4 is 28.4 Å². The third-order valence-corrected chi connectivity index (χ3v) is 4.24. The van der Waals surface area contributed by atoms with Gasteiger partial charge in [0.2, 0.25) is 0 Å². The molecule has 0 aliphatic carbocycles. The van der Waals surface area contributed by atoms with Gasteiger partial charge in [-0.25, -0.2) is 19.3 Å². The van der Waals surface area contributed by atoms with Crippen LogP contribution in [-0.2, 0) is 0 Å². The molecule has 0 aliphatic heterocycles. The number of para-hydroxylation sites is 1. The molecule has 0 saturated carbocycles. The third kappa shape index (κ3) is 4.06. The number of nitriles is 1. The van der Waals surface area contributed by atoms with E-state index in [1.165, 1.54) is 12.4 Å². The van der Waals surface area contributed by atoms with Gasteiger partial charge in [-0.1, -0.05) is 12.1 Å². The number of carbonyl (C=O) groups excluding carboxylic acids is 1. The molecule has 1 aromatic carbocycles. The van der Waals surface area contributed by atoms with Crippen molar-refractivity contribution in [3.63, 3.8) is 0 Å². The van der Waals surface area contributed by atoms with Crippen molar-refractivity contribution in [3.05, 3.63) is 53.2 Å². The van der Waals surface area contributed by atoms with Gasteiger partial charge in [0.15, 0.2) is 0 Å². The number of amides is 1. The number of halogens is 1. The van der Waals surface area contributed by atoms with Crippen LogP contribution in [0.25, 0.3) is 10.9 Å². The largest absolute Gasteiger partial charge is 0.382 e. The summed E-state index contributed by atoms with van der Waals surface area (Å²) < 4.78 is 14.3. The van der Waals surface area contributed by atoms with Crippen LogP contribution in [0, 0.1) is 17.1 Å². The molecule has 0 saturated heterocycles. The van der Waals surface area contributed by atoms with Crippen molar-refractivity contribution in [2.24, 2.45) is 0 Å². The molecule has 0 spiro atoms. The normalized spacial score (nSPS) is 11.9. The highest BCUT2D eigenvalue weighted by Crippen LogP contribution is 2.27. The Balaban J connectivity index is 2.11. The van der Waals surface area contributed by atoms with Gasteiger partial charge in [0.05, 0.1) is 17.3 Å². The lowest BCUT2D eigenvalue weighted by Gasteiger charge is -2.19. The van der Waals surface area contributed by atoms with Gasteiger partial charge in [-0.3, -0.25) is 4.79 Å². The van der Waals surface area contributed by atoms with Crippen LogP contribution in [0.1, 0.15) is 48.4 Å². The number of nitrogen functional groups attached to an aromatic ring is 1. The molecule has 0 fully saturated rings. The van der Waals surface area contributed by atoms with Crippen LogP contribution in [0.4, 0.5) is 16.0 Å². The first-order valence-corrected chi connectivity index (χ1v) is 8.99. The summed E-state index contributed by atoms with van der Waals surface area (Å²) in [6, 6.07) is 7.46. The van der Waals surface area contributed by atoms with E-state index in [4.69, 9.17) is 5.73 Å². The number of benzene rings is 1. The van der Waals surface area contributed by atoms with Gasteiger partial charge in [0.1, 0.15) is 40.9 Å². The molecule has 4 N–H and O–H groups in total. The summed E-state index contributed by atoms with van der Waals surface area (Å²) in [7, 11) is 0. The van der Waals surface area contributed by atoms with E-state index in [9.17, 15) is 14.4 Å². The molecular formula is C20H20FN7O. The van der Waals surface area contributed by atoms with Gasteiger partial charge in [0, 0.05) is 11.4 Å². The maximum absolute atomic E-state index is 14.3. The second-order valence-corrected chi connectivity index (χ2v) is 6.82. The first-order valence-electron chi connectivity index (χ1n) is 8.99. The van der Waals surface area contributed by atoms with E-state index >= 15 is 0 Å². The zero-order valence-corrected chi connectivity index (χ0v) is 16.2. The van der Waals surface area contributed by atoms with Gasteiger partial charge in [-0.2, -0.15) is 5.26 Å². The van der Waals surface area contributed by atoms with Crippen molar-refractivity contribution in [1.82, 2.24) is 20.3 Å². The molecule has 8 nitrogen and oxygen atoms in total. The number of nitrogens with one attached hydrogen (secondary N) is 2. The highest BCUT2D eigenvalue weighted by molar-refractivity contribution is 5.99.